The van der Waals surface area contributed by atoms with Crippen LogP contribution in [0, 0.1) is 0 Å². The highest BCUT2D eigenvalue weighted by molar-refractivity contribution is 5.42. The van der Waals surface area contributed by atoms with Gasteiger partial charge in [-0.25, -0.2) is 0 Å². The molecule has 1 atom stereocenters. The highest BCUT2D eigenvalue weighted by atomic mass is 16.5. The second-order valence-corrected chi connectivity index (χ2v) is 4.65. The summed E-state index contributed by atoms with van der Waals surface area (Å²) < 4.78 is 10.8. The van der Waals surface area contributed by atoms with Crippen LogP contribution in [-0.4, -0.2) is 44.6 Å². The van der Waals surface area contributed by atoms with Crippen LogP contribution in [0.25, 0.3) is 0 Å². The van der Waals surface area contributed by atoms with E-state index in [1.54, 1.807) is 14.0 Å². The van der Waals surface area contributed by atoms with Gasteiger partial charge in [-0.15, -0.1) is 0 Å². The second kappa shape index (κ2) is 9.58. The van der Waals surface area contributed by atoms with Gasteiger partial charge in [0.05, 0.1) is 19.8 Å². The molecule has 5 heteroatoms. The lowest BCUT2D eigenvalue weighted by molar-refractivity contribution is 0.191. The van der Waals surface area contributed by atoms with Crippen LogP contribution in [0.5, 0.6) is 11.5 Å². The number of aliphatic hydroxyl groups is 1. The van der Waals surface area contributed by atoms with Crippen LogP contribution in [0.2, 0.25) is 0 Å². The summed E-state index contributed by atoms with van der Waals surface area (Å²) in [5.41, 5.74) is 1.16. The first-order valence-corrected chi connectivity index (χ1v) is 7.06. The third-order valence-electron chi connectivity index (χ3n) is 2.78. The summed E-state index contributed by atoms with van der Waals surface area (Å²) >= 11 is 0. The molecule has 0 aliphatic carbocycles. The van der Waals surface area contributed by atoms with Gasteiger partial charge in [-0.3, -0.25) is 0 Å². The molecule has 20 heavy (non-hydrogen) atoms. The Balaban J connectivity index is 2.34. The van der Waals surface area contributed by atoms with Crippen molar-refractivity contribution in [2.24, 2.45) is 0 Å². The monoisotopic (exact) mass is 282 g/mol. The fraction of sp³-hybridized carbons (Fsp3) is 0.600. The molecule has 0 aliphatic heterocycles. The smallest absolute Gasteiger partial charge is 0.161 e. The third-order valence-corrected chi connectivity index (χ3v) is 2.78. The maximum atomic E-state index is 9.11. The van der Waals surface area contributed by atoms with E-state index in [1.165, 1.54) is 0 Å². The lowest BCUT2D eigenvalue weighted by atomic mass is 10.2. The summed E-state index contributed by atoms with van der Waals surface area (Å²) in [6.45, 7) is 7.43. The Labute approximate surface area is 121 Å². The van der Waals surface area contributed by atoms with E-state index in [9.17, 15) is 0 Å². The number of benzene rings is 1. The minimum absolute atomic E-state index is 0.301. The van der Waals surface area contributed by atoms with Gasteiger partial charge in [0, 0.05) is 26.2 Å². The number of nitrogens with one attached hydrogen (secondary N) is 2. The predicted octanol–water partition coefficient (Wildman–Crippen LogP) is 1.15. The Morgan fingerprint density at radius 2 is 1.95 bits per heavy atom. The maximum absolute atomic E-state index is 9.11. The zero-order valence-electron chi connectivity index (χ0n) is 12.6. The van der Waals surface area contributed by atoms with E-state index in [2.05, 4.69) is 10.6 Å². The summed E-state index contributed by atoms with van der Waals surface area (Å²) in [6.07, 6.45) is -0.301. The molecule has 0 aliphatic rings. The van der Waals surface area contributed by atoms with E-state index >= 15 is 0 Å². The van der Waals surface area contributed by atoms with Crippen molar-refractivity contribution in [3.05, 3.63) is 23.8 Å². The van der Waals surface area contributed by atoms with Crippen LogP contribution in [0.3, 0.4) is 0 Å². The second-order valence-electron chi connectivity index (χ2n) is 4.65. The number of aliphatic hydroxyl groups excluding tert-OH is 1. The van der Waals surface area contributed by atoms with Crippen LogP contribution >= 0.6 is 0 Å². The van der Waals surface area contributed by atoms with Gasteiger partial charge in [0.25, 0.3) is 0 Å². The average molecular weight is 282 g/mol. The van der Waals surface area contributed by atoms with Gasteiger partial charge in [-0.2, -0.15) is 0 Å². The highest BCUT2D eigenvalue weighted by Gasteiger charge is 2.04. The number of ether oxygens (including phenoxy) is 2. The normalized spacial score (nSPS) is 12.2. The lowest BCUT2D eigenvalue weighted by Crippen LogP contribution is -2.31. The third kappa shape index (κ3) is 6.23. The van der Waals surface area contributed by atoms with Gasteiger partial charge in [0.1, 0.15) is 0 Å². The van der Waals surface area contributed by atoms with Gasteiger partial charge in [-0.05, 0) is 31.5 Å². The summed E-state index contributed by atoms with van der Waals surface area (Å²) in [7, 11) is 1.64. The van der Waals surface area contributed by atoms with Crippen LogP contribution in [0.15, 0.2) is 18.2 Å². The lowest BCUT2D eigenvalue weighted by Gasteiger charge is -2.12. The average Bonchev–Trinajstić information content (AvgIpc) is 2.43. The number of hydrogen-bond donors (Lipinski definition) is 3. The number of rotatable bonds is 10. The molecule has 0 aromatic heterocycles. The van der Waals surface area contributed by atoms with Crippen molar-refractivity contribution in [3.8, 4) is 11.5 Å². The quantitative estimate of drug-likeness (QED) is 0.562. The van der Waals surface area contributed by atoms with E-state index in [-0.39, 0.29) is 6.10 Å². The minimum Gasteiger partial charge on any atom is -0.493 e. The minimum atomic E-state index is -0.301. The molecule has 0 radical (unpaired) electrons. The van der Waals surface area contributed by atoms with Crippen molar-refractivity contribution < 1.29 is 14.6 Å². The molecule has 1 rings (SSSR count). The summed E-state index contributed by atoms with van der Waals surface area (Å²) in [5.74, 6) is 1.54. The van der Waals surface area contributed by atoms with Crippen molar-refractivity contribution in [3.63, 3.8) is 0 Å². The molecule has 0 heterocycles. The molecule has 3 N–H and O–H groups in total. The molecule has 1 aromatic rings. The molecular formula is C15H26N2O3. The van der Waals surface area contributed by atoms with Gasteiger partial charge in [0.2, 0.25) is 0 Å². The van der Waals surface area contributed by atoms with Crippen molar-refractivity contribution in [2.45, 2.75) is 26.5 Å². The van der Waals surface area contributed by atoms with Crippen molar-refractivity contribution in [2.75, 3.05) is 33.4 Å². The van der Waals surface area contributed by atoms with Crippen LogP contribution < -0.4 is 20.1 Å². The van der Waals surface area contributed by atoms with E-state index in [0.717, 1.165) is 36.7 Å². The Hall–Kier alpha value is -1.30. The van der Waals surface area contributed by atoms with E-state index < -0.39 is 0 Å². The Bertz CT molecular complexity index is 383. The zero-order chi connectivity index (χ0) is 14.8. The topological polar surface area (TPSA) is 62.8 Å². The highest BCUT2D eigenvalue weighted by Crippen LogP contribution is 2.27. The molecule has 0 unspecified atom stereocenters. The van der Waals surface area contributed by atoms with Crippen molar-refractivity contribution in [1.82, 2.24) is 10.6 Å². The standard InChI is InChI=1S/C15H26N2O3/c1-4-20-15-9-13(5-6-14(15)19-3)11-17-8-7-16-10-12(2)18/h5-6,9,12,16-18H,4,7-8,10-11H2,1-3H3/t12-/m1/s1. The molecule has 0 saturated carbocycles. The fourth-order valence-electron chi connectivity index (χ4n) is 1.82. The summed E-state index contributed by atoms with van der Waals surface area (Å²) in [5, 5.41) is 15.6. The Morgan fingerprint density at radius 3 is 2.60 bits per heavy atom. The van der Waals surface area contributed by atoms with Crippen LogP contribution in [0.4, 0.5) is 0 Å². The molecule has 0 spiro atoms. The fourth-order valence-corrected chi connectivity index (χ4v) is 1.82. The Kier molecular flexibility index (Phi) is 8.02. The van der Waals surface area contributed by atoms with Crippen molar-refractivity contribution >= 4 is 0 Å². The molecule has 0 amide bonds. The number of hydrogen-bond acceptors (Lipinski definition) is 5. The first kappa shape index (κ1) is 16.8. The molecule has 1 aromatic carbocycles. The SMILES string of the molecule is CCOc1cc(CNCCNC[C@@H](C)O)ccc1OC. The predicted molar refractivity (Wildman–Crippen MR) is 80.4 cm³/mol. The van der Waals surface area contributed by atoms with E-state index in [4.69, 9.17) is 14.6 Å². The van der Waals surface area contributed by atoms with E-state index in [1.807, 2.05) is 25.1 Å². The summed E-state index contributed by atoms with van der Waals surface area (Å²) in [6, 6.07) is 5.95. The van der Waals surface area contributed by atoms with Gasteiger partial charge in [0.15, 0.2) is 11.5 Å². The molecule has 5 nitrogen and oxygen atoms in total. The maximum Gasteiger partial charge on any atom is 0.161 e. The molecular weight excluding hydrogens is 256 g/mol. The zero-order valence-corrected chi connectivity index (χ0v) is 12.6. The first-order valence-electron chi connectivity index (χ1n) is 7.06. The number of methoxy groups -OCH3 is 1. The van der Waals surface area contributed by atoms with Gasteiger partial charge >= 0.3 is 0 Å². The van der Waals surface area contributed by atoms with E-state index in [0.29, 0.717) is 13.2 Å². The van der Waals surface area contributed by atoms with Crippen molar-refractivity contribution in [1.29, 1.82) is 0 Å². The molecule has 0 fully saturated rings. The van der Waals surface area contributed by atoms with Crippen LogP contribution in [0.1, 0.15) is 19.4 Å². The van der Waals surface area contributed by atoms with Gasteiger partial charge < -0.3 is 25.2 Å². The molecule has 0 saturated heterocycles. The summed E-state index contributed by atoms with van der Waals surface area (Å²) in [4.78, 5) is 0. The Morgan fingerprint density at radius 1 is 1.20 bits per heavy atom. The molecule has 0 bridgehead atoms. The largest absolute Gasteiger partial charge is 0.493 e. The first-order chi connectivity index (χ1) is 9.67. The molecule has 114 valence electrons. The van der Waals surface area contributed by atoms with Gasteiger partial charge in [-0.1, -0.05) is 6.07 Å². The van der Waals surface area contributed by atoms with Crippen LogP contribution in [-0.2, 0) is 6.54 Å².